The third kappa shape index (κ3) is 7.51. The van der Waals surface area contributed by atoms with Crippen molar-refractivity contribution in [3.8, 4) is 40.0 Å². The van der Waals surface area contributed by atoms with E-state index in [9.17, 15) is 34.2 Å². The molecule has 6 heterocycles. The number of ether oxygens (including phenoxy) is 2. The van der Waals surface area contributed by atoms with Gasteiger partial charge in [-0.2, -0.15) is 5.10 Å². The number of carbonyl (C=O) groups is 3. The first-order chi connectivity index (χ1) is 32.8. The summed E-state index contributed by atoms with van der Waals surface area (Å²) in [5, 5.41) is 30.9. The zero-order valence-electron chi connectivity index (χ0n) is 38.1. The summed E-state index contributed by atoms with van der Waals surface area (Å²) in [5.41, 5.74) is 6.63. The molecule has 4 aliphatic rings. The van der Waals surface area contributed by atoms with E-state index >= 15 is 4.39 Å². The number of aromatic nitrogens is 5. The van der Waals surface area contributed by atoms with E-state index in [1.54, 1.807) is 41.5 Å². The van der Waals surface area contributed by atoms with Gasteiger partial charge in [-0.15, -0.1) is 0 Å². The number of nitrogens with zero attached hydrogens (tertiary/aromatic N) is 6. The Morgan fingerprint density at radius 3 is 2.59 bits per heavy atom. The second kappa shape index (κ2) is 17.5. The summed E-state index contributed by atoms with van der Waals surface area (Å²) in [7, 11) is 1.49. The van der Waals surface area contributed by atoms with E-state index in [2.05, 4.69) is 20.4 Å². The molecular weight excluding hydrogens is 876 g/mol. The minimum atomic E-state index is -0.773. The topological polar surface area (TPSA) is 214 Å². The van der Waals surface area contributed by atoms with Crippen molar-refractivity contribution in [1.29, 1.82) is 0 Å². The first-order valence-corrected chi connectivity index (χ1v) is 22.9. The van der Waals surface area contributed by atoms with Crippen molar-refractivity contribution in [2.75, 3.05) is 33.4 Å². The molecule has 18 heteroatoms. The number of phenols is 2. The summed E-state index contributed by atoms with van der Waals surface area (Å²) in [4.78, 5) is 75.5. The predicted octanol–water partition coefficient (Wildman–Crippen LogP) is 5.42. The van der Waals surface area contributed by atoms with Crippen LogP contribution in [0.4, 0.5) is 9.18 Å². The molecule has 352 valence electrons. The van der Waals surface area contributed by atoms with Gasteiger partial charge in [0.2, 0.25) is 0 Å². The lowest BCUT2D eigenvalue weighted by Crippen LogP contribution is -2.42. The molecule has 4 N–H and O–H groups in total. The average Bonchev–Trinajstić information content (AvgIpc) is 4.11. The first-order valence-electron chi connectivity index (χ1n) is 22.9. The van der Waals surface area contributed by atoms with E-state index in [0.29, 0.717) is 89.3 Å². The van der Waals surface area contributed by atoms with Crippen LogP contribution in [0.3, 0.4) is 0 Å². The van der Waals surface area contributed by atoms with Crippen LogP contribution in [-0.4, -0.2) is 102 Å². The van der Waals surface area contributed by atoms with Crippen molar-refractivity contribution >= 4 is 29.2 Å². The van der Waals surface area contributed by atoms with Gasteiger partial charge >= 0.3 is 11.8 Å². The minimum Gasteiger partial charge on any atom is -0.508 e. The second-order valence-electron chi connectivity index (χ2n) is 18.4. The van der Waals surface area contributed by atoms with Crippen LogP contribution in [0, 0.1) is 25.6 Å². The Balaban J connectivity index is 0.819. The largest absolute Gasteiger partial charge is 0.508 e. The van der Waals surface area contributed by atoms with Crippen molar-refractivity contribution in [3.63, 3.8) is 0 Å². The van der Waals surface area contributed by atoms with E-state index in [1.165, 1.54) is 23.8 Å². The van der Waals surface area contributed by atoms with Gasteiger partial charge in [-0.05, 0) is 103 Å². The molecule has 4 unspecified atom stereocenters. The number of hydrogen-bond donors (Lipinski definition) is 4. The number of fused-ring (bicyclic) bond motifs is 5. The number of benzene rings is 3. The van der Waals surface area contributed by atoms with Crippen molar-refractivity contribution in [3.05, 3.63) is 120 Å². The number of aryl methyl sites for hydroxylation is 2. The lowest BCUT2D eigenvalue weighted by atomic mass is 9.82. The van der Waals surface area contributed by atoms with E-state index in [1.807, 2.05) is 25.1 Å². The van der Waals surface area contributed by atoms with Gasteiger partial charge < -0.3 is 39.3 Å². The summed E-state index contributed by atoms with van der Waals surface area (Å²) < 4.78 is 29.4. The summed E-state index contributed by atoms with van der Waals surface area (Å²) in [5.74, 6) is -1.07. The number of likely N-dealkylation sites (tertiary alicyclic amines) is 2. The van der Waals surface area contributed by atoms with Gasteiger partial charge in [0.1, 0.15) is 23.6 Å². The van der Waals surface area contributed by atoms with E-state index in [4.69, 9.17) is 14.5 Å². The van der Waals surface area contributed by atoms with E-state index in [-0.39, 0.29) is 53.9 Å². The number of aromatic hydroxyl groups is 2. The van der Waals surface area contributed by atoms with Gasteiger partial charge in [-0.25, -0.2) is 28.6 Å². The van der Waals surface area contributed by atoms with Gasteiger partial charge in [0.15, 0.2) is 12.4 Å². The number of H-pyrrole nitrogens is 1. The van der Waals surface area contributed by atoms with Crippen LogP contribution in [0.2, 0.25) is 0 Å². The molecule has 17 nitrogen and oxygen atoms in total. The SMILES string of the molecule is CCC(C=O)c1cc2n(c(=O)c1COC)Cc1c-2nc2cc(F)c(C)c3c2c1C(NC(=O)OCC(=O)N1CCC2CN(Cc4ccc(-n5c(-c6cc(C)c(O)cc6O)n[nH]c5=O)cc4)CC21)CC3. The van der Waals surface area contributed by atoms with Crippen molar-refractivity contribution in [2.45, 2.75) is 84.2 Å². The van der Waals surface area contributed by atoms with Gasteiger partial charge in [-0.1, -0.05) is 19.1 Å². The Morgan fingerprint density at radius 1 is 1.04 bits per heavy atom. The van der Waals surface area contributed by atoms with Crippen LogP contribution in [0.25, 0.3) is 39.4 Å². The maximum atomic E-state index is 15.4. The summed E-state index contributed by atoms with van der Waals surface area (Å²) >= 11 is 0. The number of methoxy groups -OCH3 is 1. The molecule has 0 bridgehead atoms. The Bertz CT molecular complexity index is 3180. The van der Waals surface area contributed by atoms with Crippen LogP contribution in [0.15, 0.2) is 58.1 Å². The summed E-state index contributed by atoms with van der Waals surface area (Å²) in [6.45, 7) is 7.57. The quantitative estimate of drug-likeness (QED) is 0.113. The highest BCUT2D eigenvalue weighted by atomic mass is 19.1. The molecule has 4 atom stereocenters. The smallest absolute Gasteiger partial charge is 0.408 e. The average molecular weight is 927 g/mol. The number of hydrogen-bond acceptors (Lipinski definition) is 12. The fourth-order valence-electron chi connectivity index (χ4n) is 11.0. The molecule has 3 aliphatic heterocycles. The van der Waals surface area contributed by atoms with Gasteiger partial charge in [0.25, 0.3) is 11.5 Å². The Morgan fingerprint density at radius 2 is 1.84 bits per heavy atom. The summed E-state index contributed by atoms with van der Waals surface area (Å²) in [6.07, 6.45) is 2.22. The maximum Gasteiger partial charge on any atom is 0.408 e. The lowest BCUT2D eigenvalue weighted by molar-refractivity contribution is -0.135. The molecule has 2 fully saturated rings. The van der Waals surface area contributed by atoms with Crippen LogP contribution in [-0.2, 0) is 45.2 Å². The van der Waals surface area contributed by atoms with Gasteiger partial charge in [0, 0.05) is 73.9 Å². The number of aromatic amines is 1. The number of phenolic OH excluding ortho intramolecular Hbond substituents is 2. The van der Waals surface area contributed by atoms with Gasteiger partial charge in [0.05, 0.1) is 47.3 Å². The van der Waals surface area contributed by atoms with Crippen LogP contribution >= 0.6 is 0 Å². The first kappa shape index (κ1) is 44.6. The van der Waals surface area contributed by atoms with Crippen molar-refractivity contribution < 1.29 is 38.5 Å². The molecule has 3 aromatic carbocycles. The molecule has 2 amide bonds. The van der Waals surface area contributed by atoms with Gasteiger partial charge in [-0.3, -0.25) is 14.5 Å². The third-order valence-electron chi connectivity index (χ3n) is 14.5. The number of alkyl carbamates (subject to hydrolysis) is 1. The van der Waals surface area contributed by atoms with Crippen LogP contribution in [0.1, 0.15) is 82.7 Å². The lowest BCUT2D eigenvalue weighted by Gasteiger charge is -2.29. The maximum absolute atomic E-state index is 15.4. The normalized spacial score (nSPS) is 18.7. The molecule has 3 aromatic heterocycles. The van der Waals surface area contributed by atoms with Crippen LogP contribution < -0.4 is 16.6 Å². The zero-order valence-corrected chi connectivity index (χ0v) is 38.1. The monoisotopic (exact) mass is 926 g/mol. The standard InChI is InChI=1S/C50H51FN8O9/c1-5-28(22-60)32-15-39-46-34(20-58(39)48(64)35(32)23-67-4)45-37(11-10-31-26(3)36(51)16-38(52-46)44(31)45)53-50(66)68-24-43(63)57-13-12-29-19-56(21-40(29)57)18-27-6-8-30(9-7-27)59-47(54-55-49(59)65)33-14-25(2)41(61)17-42(33)62/h6-9,14-17,22,28-29,37,40,61-62H,5,10-13,18-21,23-24H2,1-4H3,(H,53,66)(H,55,65). The molecule has 0 saturated carbocycles. The van der Waals surface area contributed by atoms with E-state index in [0.717, 1.165) is 46.9 Å². The molecule has 0 spiro atoms. The number of halogens is 1. The highest BCUT2D eigenvalue weighted by molar-refractivity contribution is 5.93. The number of aldehydes is 1. The Hall–Kier alpha value is -7.18. The molecular formula is C50H51FN8O9. The third-order valence-corrected chi connectivity index (χ3v) is 14.5. The number of rotatable bonds is 12. The summed E-state index contributed by atoms with van der Waals surface area (Å²) in [6, 6.07) is 12.8. The zero-order chi connectivity index (χ0) is 47.7. The Kier molecular flexibility index (Phi) is 11.5. The number of nitrogens with one attached hydrogen (secondary N) is 2. The number of pyridine rings is 2. The number of amides is 2. The van der Waals surface area contributed by atoms with Crippen molar-refractivity contribution in [2.24, 2.45) is 5.92 Å². The van der Waals surface area contributed by atoms with E-state index < -0.39 is 36.2 Å². The fraction of sp³-hybridized carbons (Fsp3) is 0.380. The molecule has 6 aromatic rings. The molecule has 2 saturated heterocycles. The fourth-order valence-corrected chi connectivity index (χ4v) is 11.0. The molecule has 10 rings (SSSR count). The number of carbonyl (C=O) groups excluding carboxylic acids is 3. The van der Waals surface area contributed by atoms with Crippen molar-refractivity contribution in [1.82, 2.24) is 39.4 Å². The Labute approximate surface area is 389 Å². The molecule has 0 radical (unpaired) electrons. The second-order valence-corrected chi connectivity index (χ2v) is 18.4. The molecule has 68 heavy (non-hydrogen) atoms. The highest BCUT2D eigenvalue weighted by Gasteiger charge is 2.43. The minimum absolute atomic E-state index is 0.0189. The highest BCUT2D eigenvalue weighted by Crippen LogP contribution is 2.45. The predicted molar refractivity (Wildman–Crippen MR) is 247 cm³/mol. The molecule has 1 aliphatic carbocycles. The van der Waals surface area contributed by atoms with Crippen LogP contribution in [0.5, 0.6) is 11.5 Å².